The topological polar surface area (TPSA) is 68.2 Å². The minimum absolute atomic E-state index is 0.0311. The first kappa shape index (κ1) is 26.4. The molecule has 0 aliphatic carbocycles. The molecule has 2 N–H and O–H groups in total. The van der Waals surface area contributed by atoms with Gasteiger partial charge in [-0.3, -0.25) is 0 Å². The molecule has 0 aliphatic heterocycles. The standard InChI is InChI=1S/C32H34O5/c1-23(36-21-25-3-7-27(8-4-25)29-11-15-31(33)16-12-29)19-35-20-24(2)37-22-26-5-9-28(10-6-26)30-13-17-32(34)18-14-30/h3-18,23-24,33-34H,19-22H2,1-2H3. The molecule has 0 amide bonds. The van der Waals surface area contributed by atoms with Gasteiger partial charge in [0.1, 0.15) is 11.5 Å². The van der Waals surface area contributed by atoms with E-state index in [1.165, 1.54) is 0 Å². The van der Waals surface area contributed by atoms with Gasteiger partial charge in [0.2, 0.25) is 0 Å². The highest BCUT2D eigenvalue weighted by molar-refractivity contribution is 5.65. The summed E-state index contributed by atoms with van der Waals surface area (Å²) in [5.74, 6) is 0.534. The smallest absolute Gasteiger partial charge is 0.115 e. The normalized spacial score (nSPS) is 12.8. The van der Waals surface area contributed by atoms with E-state index in [4.69, 9.17) is 14.2 Å². The third-order valence-electron chi connectivity index (χ3n) is 6.08. The van der Waals surface area contributed by atoms with Crippen LogP contribution in [0.5, 0.6) is 11.5 Å². The molecule has 192 valence electrons. The van der Waals surface area contributed by atoms with Gasteiger partial charge in [0.25, 0.3) is 0 Å². The number of ether oxygens (including phenoxy) is 3. The van der Waals surface area contributed by atoms with Crippen molar-refractivity contribution in [2.75, 3.05) is 13.2 Å². The molecule has 0 fully saturated rings. The lowest BCUT2D eigenvalue weighted by Gasteiger charge is -2.17. The third kappa shape index (κ3) is 8.19. The van der Waals surface area contributed by atoms with Crippen molar-refractivity contribution in [2.45, 2.75) is 39.3 Å². The third-order valence-corrected chi connectivity index (χ3v) is 6.08. The molecular formula is C32H34O5. The summed E-state index contributed by atoms with van der Waals surface area (Å²) in [6, 6.07) is 30.9. The Balaban J connectivity index is 1.12. The molecule has 0 aliphatic rings. The highest BCUT2D eigenvalue weighted by Gasteiger charge is 2.08. The average molecular weight is 499 g/mol. The van der Waals surface area contributed by atoms with Crippen molar-refractivity contribution in [2.24, 2.45) is 0 Å². The molecule has 0 bridgehead atoms. The van der Waals surface area contributed by atoms with Crippen LogP contribution >= 0.6 is 0 Å². The van der Waals surface area contributed by atoms with Crippen LogP contribution in [0.2, 0.25) is 0 Å². The molecule has 0 heterocycles. The Morgan fingerprint density at radius 1 is 0.486 bits per heavy atom. The SMILES string of the molecule is CC(COCC(C)OCc1ccc(-c2ccc(O)cc2)cc1)OCc1ccc(-c2ccc(O)cc2)cc1. The van der Waals surface area contributed by atoms with Gasteiger partial charge in [0.15, 0.2) is 0 Å². The molecule has 4 aromatic rings. The Bertz CT molecular complexity index is 1120. The van der Waals surface area contributed by atoms with Gasteiger partial charge >= 0.3 is 0 Å². The van der Waals surface area contributed by atoms with Gasteiger partial charge in [-0.2, -0.15) is 0 Å². The molecule has 0 aromatic heterocycles. The zero-order chi connectivity index (χ0) is 26.0. The molecule has 5 nitrogen and oxygen atoms in total. The van der Waals surface area contributed by atoms with Crippen LogP contribution in [0, 0.1) is 0 Å². The van der Waals surface area contributed by atoms with E-state index in [0.717, 1.165) is 33.4 Å². The van der Waals surface area contributed by atoms with E-state index < -0.39 is 0 Å². The number of phenols is 2. The monoisotopic (exact) mass is 498 g/mol. The van der Waals surface area contributed by atoms with E-state index in [1.54, 1.807) is 24.3 Å². The number of hydrogen-bond donors (Lipinski definition) is 2. The summed E-state index contributed by atoms with van der Waals surface area (Å²) in [5.41, 5.74) is 6.53. The molecule has 0 saturated carbocycles. The number of hydrogen-bond acceptors (Lipinski definition) is 5. The molecule has 4 rings (SSSR count). The van der Waals surface area contributed by atoms with Gasteiger partial charge in [0, 0.05) is 0 Å². The number of rotatable bonds is 12. The molecule has 37 heavy (non-hydrogen) atoms. The van der Waals surface area contributed by atoms with Crippen LogP contribution in [0.1, 0.15) is 25.0 Å². The zero-order valence-electron chi connectivity index (χ0n) is 21.3. The molecule has 0 spiro atoms. The Labute approximate surface area is 218 Å². The predicted molar refractivity (Wildman–Crippen MR) is 146 cm³/mol. The fraction of sp³-hybridized carbons (Fsp3) is 0.250. The van der Waals surface area contributed by atoms with Gasteiger partial charge < -0.3 is 24.4 Å². The highest BCUT2D eigenvalue weighted by Crippen LogP contribution is 2.23. The molecule has 0 radical (unpaired) electrons. The first-order chi connectivity index (χ1) is 18.0. The van der Waals surface area contributed by atoms with Gasteiger partial charge in [-0.15, -0.1) is 0 Å². The zero-order valence-corrected chi connectivity index (χ0v) is 21.3. The second-order valence-electron chi connectivity index (χ2n) is 9.27. The van der Waals surface area contributed by atoms with Gasteiger partial charge in [-0.05, 0) is 71.5 Å². The molecule has 5 heteroatoms. The second-order valence-corrected chi connectivity index (χ2v) is 9.27. The maximum absolute atomic E-state index is 9.44. The van der Waals surface area contributed by atoms with E-state index >= 15 is 0 Å². The second kappa shape index (κ2) is 13.1. The average Bonchev–Trinajstić information content (AvgIpc) is 2.92. The summed E-state index contributed by atoms with van der Waals surface area (Å²) in [5, 5.41) is 18.9. The molecule has 0 saturated heterocycles. The maximum atomic E-state index is 9.44. The van der Waals surface area contributed by atoms with Gasteiger partial charge in [-0.1, -0.05) is 72.8 Å². The van der Waals surface area contributed by atoms with Crippen LogP contribution in [-0.2, 0) is 27.4 Å². The summed E-state index contributed by atoms with van der Waals surface area (Å²) in [7, 11) is 0. The number of phenolic OH excluding ortho intramolecular Hbond substituents is 2. The fourth-order valence-electron chi connectivity index (χ4n) is 3.87. The minimum atomic E-state index is -0.0311. The van der Waals surface area contributed by atoms with Crippen LogP contribution in [0.25, 0.3) is 22.3 Å². The van der Waals surface area contributed by atoms with Crippen molar-refractivity contribution in [1.82, 2.24) is 0 Å². The maximum Gasteiger partial charge on any atom is 0.115 e. The van der Waals surface area contributed by atoms with Crippen molar-refractivity contribution < 1.29 is 24.4 Å². The van der Waals surface area contributed by atoms with E-state index in [0.29, 0.717) is 26.4 Å². The first-order valence-corrected chi connectivity index (χ1v) is 12.5. The largest absolute Gasteiger partial charge is 0.508 e. The number of aromatic hydroxyl groups is 2. The quantitative estimate of drug-likeness (QED) is 0.221. The predicted octanol–water partition coefficient (Wildman–Crippen LogP) is 6.96. The summed E-state index contributed by atoms with van der Waals surface area (Å²) in [4.78, 5) is 0. The Morgan fingerprint density at radius 2 is 0.784 bits per heavy atom. The van der Waals surface area contributed by atoms with Crippen LogP contribution in [-0.4, -0.2) is 35.6 Å². The van der Waals surface area contributed by atoms with Gasteiger partial charge in [-0.25, -0.2) is 0 Å². The van der Waals surface area contributed by atoms with Crippen molar-refractivity contribution in [3.05, 3.63) is 108 Å². The van der Waals surface area contributed by atoms with Gasteiger partial charge in [0.05, 0.1) is 38.6 Å². The molecular weight excluding hydrogens is 464 g/mol. The van der Waals surface area contributed by atoms with Crippen LogP contribution in [0.3, 0.4) is 0 Å². The molecule has 2 atom stereocenters. The summed E-state index contributed by atoms with van der Waals surface area (Å²) in [6.07, 6.45) is -0.0622. The lowest BCUT2D eigenvalue weighted by atomic mass is 10.0. The summed E-state index contributed by atoms with van der Waals surface area (Å²) in [6.45, 7) is 6.05. The Morgan fingerprint density at radius 3 is 1.11 bits per heavy atom. The molecule has 2 unspecified atom stereocenters. The van der Waals surface area contributed by atoms with E-state index in [9.17, 15) is 10.2 Å². The first-order valence-electron chi connectivity index (χ1n) is 12.5. The highest BCUT2D eigenvalue weighted by atomic mass is 16.6. The van der Waals surface area contributed by atoms with Crippen LogP contribution < -0.4 is 0 Å². The van der Waals surface area contributed by atoms with E-state index in [-0.39, 0.29) is 23.7 Å². The minimum Gasteiger partial charge on any atom is -0.508 e. The lowest BCUT2D eigenvalue weighted by Crippen LogP contribution is -2.21. The molecule has 4 aromatic carbocycles. The fourth-order valence-corrected chi connectivity index (χ4v) is 3.87. The lowest BCUT2D eigenvalue weighted by molar-refractivity contribution is -0.0545. The Hall–Kier alpha value is -3.64. The number of benzene rings is 4. The summed E-state index contributed by atoms with van der Waals surface area (Å²) < 4.78 is 17.7. The van der Waals surface area contributed by atoms with E-state index in [1.807, 2.05) is 38.1 Å². The van der Waals surface area contributed by atoms with Crippen molar-refractivity contribution in [1.29, 1.82) is 0 Å². The van der Waals surface area contributed by atoms with Crippen LogP contribution in [0.15, 0.2) is 97.1 Å². The Kier molecular flexibility index (Phi) is 9.33. The van der Waals surface area contributed by atoms with E-state index in [2.05, 4.69) is 48.5 Å². The summed E-state index contributed by atoms with van der Waals surface area (Å²) >= 11 is 0. The van der Waals surface area contributed by atoms with Crippen molar-refractivity contribution in [3.63, 3.8) is 0 Å². The van der Waals surface area contributed by atoms with Crippen LogP contribution in [0.4, 0.5) is 0 Å². The van der Waals surface area contributed by atoms with Crippen molar-refractivity contribution in [3.8, 4) is 33.8 Å². The van der Waals surface area contributed by atoms with Crippen molar-refractivity contribution >= 4 is 0 Å².